The van der Waals surface area contributed by atoms with Gasteiger partial charge in [-0.2, -0.15) is 0 Å². The lowest BCUT2D eigenvalue weighted by Gasteiger charge is -2.08. The van der Waals surface area contributed by atoms with Crippen LogP contribution in [0.25, 0.3) is 11.0 Å². The Balaban J connectivity index is 1.22. The molecule has 4 rings (SSSR count). The van der Waals surface area contributed by atoms with E-state index in [1.54, 1.807) is 24.3 Å². The second-order valence-electron chi connectivity index (χ2n) is 8.25. The number of Topliss-reactive ketones (excluding diaryl/α,β-unsaturated/α-hetero) is 1. The van der Waals surface area contributed by atoms with Crippen LogP contribution >= 0.6 is 0 Å². The second kappa shape index (κ2) is 11.3. The molecule has 0 saturated heterocycles. The van der Waals surface area contributed by atoms with Crippen molar-refractivity contribution < 1.29 is 14.3 Å². The molecule has 0 unspecified atom stereocenters. The first kappa shape index (κ1) is 23.2. The molecule has 174 valence electrons. The Morgan fingerprint density at radius 2 is 1.65 bits per heavy atom. The quantitative estimate of drug-likeness (QED) is 0.317. The Hall–Kier alpha value is -3.93. The Kier molecular flexibility index (Phi) is 7.71. The molecule has 0 aliphatic carbocycles. The SMILES string of the molecule is CCCOc1ccc(C(=O)CCC(=O)NCc2ccc(Cn3cnc4ccccc43)cc2)cc1. The van der Waals surface area contributed by atoms with E-state index in [1.807, 2.05) is 43.6 Å². The number of benzene rings is 3. The van der Waals surface area contributed by atoms with Crippen LogP contribution in [0.1, 0.15) is 47.7 Å². The molecule has 1 amide bonds. The zero-order chi connectivity index (χ0) is 23.8. The van der Waals surface area contributed by atoms with Gasteiger partial charge in [0.1, 0.15) is 5.75 Å². The summed E-state index contributed by atoms with van der Waals surface area (Å²) in [6, 6.07) is 23.3. The number of hydrogen-bond acceptors (Lipinski definition) is 4. The smallest absolute Gasteiger partial charge is 0.220 e. The maximum atomic E-state index is 12.4. The summed E-state index contributed by atoms with van der Waals surface area (Å²) in [5.41, 5.74) is 4.86. The largest absolute Gasteiger partial charge is 0.494 e. The summed E-state index contributed by atoms with van der Waals surface area (Å²) in [5.74, 6) is 0.569. The summed E-state index contributed by atoms with van der Waals surface area (Å²) in [4.78, 5) is 29.0. The van der Waals surface area contributed by atoms with Crippen molar-refractivity contribution in [3.05, 3.63) is 95.8 Å². The van der Waals surface area contributed by atoms with Gasteiger partial charge in [0.25, 0.3) is 0 Å². The van der Waals surface area contributed by atoms with E-state index >= 15 is 0 Å². The van der Waals surface area contributed by atoms with Crippen LogP contribution in [0.2, 0.25) is 0 Å². The number of aromatic nitrogens is 2. The predicted octanol–water partition coefficient (Wildman–Crippen LogP) is 5.15. The number of amides is 1. The number of carbonyl (C=O) groups excluding carboxylic acids is 2. The summed E-state index contributed by atoms with van der Waals surface area (Å²) in [6.45, 7) is 3.87. The lowest BCUT2D eigenvalue weighted by Crippen LogP contribution is -2.23. The van der Waals surface area contributed by atoms with E-state index in [-0.39, 0.29) is 24.5 Å². The number of nitrogens with one attached hydrogen (secondary N) is 1. The van der Waals surface area contributed by atoms with Crippen molar-refractivity contribution >= 4 is 22.7 Å². The van der Waals surface area contributed by atoms with Gasteiger partial charge in [-0.3, -0.25) is 9.59 Å². The van der Waals surface area contributed by atoms with Crippen molar-refractivity contribution in [2.24, 2.45) is 0 Å². The fourth-order valence-corrected chi connectivity index (χ4v) is 3.71. The number of carbonyl (C=O) groups is 2. The molecular weight excluding hydrogens is 426 g/mol. The summed E-state index contributed by atoms with van der Waals surface area (Å²) < 4.78 is 7.65. The molecule has 0 radical (unpaired) electrons. The topological polar surface area (TPSA) is 73.2 Å². The third kappa shape index (κ3) is 6.10. The molecule has 0 aliphatic heterocycles. The van der Waals surface area contributed by atoms with Gasteiger partial charge in [-0.25, -0.2) is 4.98 Å². The number of para-hydroxylation sites is 2. The Morgan fingerprint density at radius 1 is 0.912 bits per heavy atom. The minimum Gasteiger partial charge on any atom is -0.494 e. The first-order valence-electron chi connectivity index (χ1n) is 11.6. The lowest BCUT2D eigenvalue weighted by atomic mass is 10.1. The van der Waals surface area contributed by atoms with Crippen LogP contribution in [-0.2, 0) is 17.9 Å². The molecule has 0 atom stereocenters. The number of ether oxygens (including phenoxy) is 1. The molecule has 1 aromatic heterocycles. The van der Waals surface area contributed by atoms with Gasteiger partial charge in [0, 0.05) is 31.5 Å². The predicted molar refractivity (Wildman–Crippen MR) is 133 cm³/mol. The van der Waals surface area contributed by atoms with Crippen LogP contribution in [0.3, 0.4) is 0 Å². The molecule has 3 aromatic carbocycles. The fraction of sp³-hybridized carbons (Fsp3) is 0.250. The standard InChI is InChI=1S/C28H29N3O3/c1-2-17-34-24-13-11-23(12-14-24)27(32)15-16-28(33)29-18-21-7-9-22(10-8-21)19-31-20-30-25-5-3-4-6-26(25)31/h3-14,20H,2,15-19H2,1H3,(H,29,33). The van der Waals surface area contributed by atoms with Gasteiger partial charge >= 0.3 is 0 Å². The van der Waals surface area contributed by atoms with E-state index in [1.165, 1.54) is 0 Å². The summed E-state index contributed by atoms with van der Waals surface area (Å²) in [5, 5.41) is 2.90. The van der Waals surface area contributed by atoms with Gasteiger partial charge in [-0.1, -0.05) is 43.3 Å². The number of fused-ring (bicyclic) bond motifs is 1. The van der Waals surface area contributed by atoms with E-state index in [4.69, 9.17) is 4.74 Å². The van der Waals surface area contributed by atoms with E-state index in [2.05, 4.69) is 33.1 Å². The highest BCUT2D eigenvalue weighted by Crippen LogP contribution is 2.16. The van der Waals surface area contributed by atoms with Gasteiger partial charge in [-0.05, 0) is 53.9 Å². The van der Waals surface area contributed by atoms with Crippen LogP contribution in [0.4, 0.5) is 0 Å². The highest BCUT2D eigenvalue weighted by Gasteiger charge is 2.10. The first-order chi connectivity index (χ1) is 16.6. The van der Waals surface area contributed by atoms with Crippen LogP contribution in [0.15, 0.2) is 79.1 Å². The summed E-state index contributed by atoms with van der Waals surface area (Å²) >= 11 is 0. The third-order valence-corrected chi connectivity index (χ3v) is 5.62. The molecule has 0 fully saturated rings. The van der Waals surface area contributed by atoms with Crippen LogP contribution in [0, 0.1) is 0 Å². The molecular formula is C28H29N3O3. The Morgan fingerprint density at radius 3 is 2.41 bits per heavy atom. The number of ketones is 1. The van der Waals surface area contributed by atoms with Crippen molar-refractivity contribution in [2.45, 2.75) is 39.3 Å². The molecule has 6 nitrogen and oxygen atoms in total. The van der Waals surface area contributed by atoms with E-state index in [0.29, 0.717) is 18.7 Å². The van der Waals surface area contributed by atoms with Crippen molar-refractivity contribution in [2.75, 3.05) is 6.61 Å². The zero-order valence-corrected chi connectivity index (χ0v) is 19.4. The fourth-order valence-electron chi connectivity index (χ4n) is 3.71. The zero-order valence-electron chi connectivity index (χ0n) is 19.4. The number of nitrogens with zero attached hydrogens (tertiary/aromatic N) is 2. The lowest BCUT2D eigenvalue weighted by molar-refractivity contribution is -0.121. The van der Waals surface area contributed by atoms with E-state index in [0.717, 1.165) is 40.9 Å². The third-order valence-electron chi connectivity index (χ3n) is 5.62. The Labute approximate surface area is 199 Å². The molecule has 0 saturated carbocycles. The Bertz CT molecular complexity index is 1240. The minimum absolute atomic E-state index is 0.0476. The summed E-state index contributed by atoms with van der Waals surface area (Å²) in [6.07, 6.45) is 3.13. The molecule has 1 N–H and O–H groups in total. The van der Waals surface area contributed by atoms with Crippen molar-refractivity contribution in [1.82, 2.24) is 14.9 Å². The van der Waals surface area contributed by atoms with E-state index < -0.39 is 0 Å². The molecule has 1 heterocycles. The highest BCUT2D eigenvalue weighted by atomic mass is 16.5. The highest BCUT2D eigenvalue weighted by molar-refractivity contribution is 5.98. The maximum Gasteiger partial charge on any atom is 0.220 e. The molecule has 34 heavy (non-hydrogen) atoms. The number of rotatable bonds is 11. The average Bonchev–Trinajstić information content (AvgIpc) is 3.28. The van der Waals surface area contributed by atoms with Gasteiger partial charge in [0.15, 0.2) is 5.78 Å². The van der Waals surface area contributed by atoms with Crippen LogP contribution < -0.4 is 10.1 Å². The van der Waals surface area contributed by atoms with Gasteiger partial charge in [0.2, 0.25) is 5.91 Å². The minimum atomic E-state index is -0.134. The van der Waals surface area contributed by atoms with E-state index in [9.17, 15) is 9.59 Å². The van der Waals surface area contributed by atoms with Gasteiger partial charge in [0.05, 0.1) is 24.0 Å². The normalized spacial score (nSPS) is 10.9. The van der Waals surface area contributed by atoms with Crippen LogP contribution in [-0.4, -0.2) is 27.8 Å². The number of hydrogen-bond donors (Lipinski definition) is 1. The van der Waals surface area contributed by atoms with Crippen LogP contribution in [0.5, 0.6) is 5.75 Å². The molecule has 0 bridgehead atoms. The maximum absolute atomic E-state index is 12.4. The summed E-state index contributed by atoms with van der Waals surface area (Å²) in [7, 11) is 0. The monoisotopic (exact) mass is 455 g/mol. The van der Waals surface area contributed by atoms with Gasteiger partial charge in [-0.15, -0.1) is 0 Å². The van der Waals surface area contributed by atoms with Crippen molar-refractivity contribution in [1.29, 1.82) is 0 Å². The van der Waals surface area contributed by atoms with Gasteiger partial charge < -0.3 is 14.6 Å². The van der Waals surface area contributed by atoms with Crippen molar-refractivity contribution in [3.8, 4) is 5.75 Å². The first-order valence-corrected chi connectivity index (χ1v) is 11.6. The molecule has 0 spiro atoms. The average molecular weight is 456 g/mol. The molecule has 4 aromatic rings. The molecule has 6 heteroatoms. The second-order valence-corrected chi connectivity index (χ2v) is 8.25. The number of imidazole rings is 1. The van der Waals surface area contributed by atoms with Crippen molar-refractivity contribution in [3.63, 3.8) is 0 Å². The molecule has 0 aliphatic rings.